The van der Waals surface area contributed by atoms with Gasteiger partial charge in [-0.15, -0.1) is 0 Å². The molecule has 1 aromatic heterocycles. The zero-order chi connectivity index (χ0) is 24.8. The minimum absolute atomic E-state index is 0.110. The van der Waals surface area contributed by atoms with Crippen LogP contribution in [0, 0.1) is 5.92 Å². The van der Waals surface area contributed by atoms with E-state index in [1.54, 1.807) is 18.2 Å². The molecule has 2 aliphatic heterocycles. The van der Waals surface area contributed by atoms with Crippen LogP contribution in [0.3, 0.4) is 0 Å². The quantitative estimate of drug-likeness (QED) is 0.499. The number of hydrogen-bond acceptors (Lipinski definition) is 6. The van der Waals surface area contributed by atoms with Crippen LogP contribution in [-0.2, 0) is 10.3 Å². The van der Waals surface area contributed by atoms with E-state index >= 15 is 0 Å². The number of piperidine rings is 1. The van der Waals surface area contributed by atoms with Crippen LogP contribution in [0.4, 0.5) is 4.79 Å². The summed E-state index contributed by atoms with van der Waals surface area (Å²) in [7, 11) is 1.69. The maximum Gasteiger partial charge on any atom is 0.320 e. The molecule has 2 aliphatic rings. The number of methoxy groups -OCH3 is 1. The van der Waals surface area contributed by atoms with Gasteiger partial charge >= 0.3 is 6.03 Å². The second-order valence-electron chi connectivity index (χ2n) is 9.84. The third-order valence-corrected chi connectivity index (χ3v) is 7.46. The minimum Gasteiger partial charge on any atom is -0.390 e. The first-order valence-electron chi connectivity index (χ1n) is 12.6. The molecule has 0 radical (unpaired) electrons. The van der Waals surface area contributed by atoms with Crippen molar-refractivity contribution in [3.05, 3.63) is 54.2 Å². The highest BCUT2D eigenvalue weighted by molar-refractivity contribution is 5.75. The van der Waals surface area contributed by atoms with Crippen molar-refractivity contribution < 1.29 is 19.7 Å². The number of nitrogens with two attached hydrogens (primary N) is 1. The van der Waals surface area contributed by atoms with Crippen LogP contribution >= 0.6 is 0 Å². The van der Waals surface area contributed by atoms with E-state index in [-0.39, 0.29) is 18.5 Å². The van der Waals surface area contributed by atoms with Crippen LogP contribution < -0.4 is 5.73 Å². The molecule has 2 saturated heterocycles. The number of nitrogens with zero attached hydrogens (tertiary/aromatic N) is 3. The van der Waals surface area contributed by atoms with Gasteiger partial charge in [-0.05, 0) is 49.8 Å². The zero-order valence-corrected chi connectivity index (χ0v) is 20.6. The number of carbonyl (C=O) groups is 1. The Morgan fingerprint density at radius 3 is 2.66 bits per heavy atom. The van der Waals surface area contributed by atoms with E-state index in [0.717, 1.165) is 42.5 Å². The largest absolute Gasteiger partial charge is 0.390 e. The van der Waals surface area contributed by atoms with Gasteiger partial charge in [0.2, 0.25) is 0 Å². The van der Waals surface area contributed by atoms with Crippen molar-refractivity contribution in [1.82, 2.24) is 14.8 Å². The normalized spacial score (nSPS) is 24.4. The number of carbonyl (C=O) groups excluding carboxylic acids is 1. The molecule has 2 fully saturated rings. The summed E-state index contributed by atoms with van der Waals surface area (Å²) in [6.45, 7) is 2.34. The van der Waals surface area contributed by atoms with Gasteiger partial charge in [0.1, 0.15) is 0 Å². The topological polar surface area (TPSA) is 112 Å². The maximum atomic E-state index is 13.3. The number of likely N-dealkylation sites (tertiary alicyclic amines) is 2. The van der Waals surface area contributed by atoms with Crippen molar-refractivity contribution in [2.45, 2.75) is 49.9 Å². The van der Waals surface area contributed by atoms with Crippen molar-refractivity contribution in [2.75, 3.05) is 39.9 Å². The molecule has 2 aromatic rings. The number of aliphatic hydroxyl groups is 2. The molecular weight excluding hydrogens is 444 g/mol. The van der Waals surface area contributed by atoms with Crippen molar-refractivity contribution in [2.24, 2.45) is 11.7 Å². The lowest BCUT2D eigenvalue weighted by atomic mass is 9.72. The molecule has 2 amide bonds. The number of urea groups is 1. The second-order valence-corrected chi connectivity index (χ2v) is 9.84. The van der Waals surface area contributed by atoms with E-state index in [4.69, 9.17) is 10.5 Å². The first-order chi connectivity index (χ1) is 16.9. The molecule has 8 nitrogen and oxygen atoms in total. The van der Waals surface area contributed by atoms with Gasteiger partial charge < -0.3 is 30.5 Å². The smallest absolute Gasteiger partial charge is 0.320 e. The highest BCUT2D eigenvalue weighted by Crippen LogP contribution is 2.43. The third kappa shape index (κ3) is 5.67. The number of hydrogen-bond donors (Lipinski definition) is 3. The van der Waals surface area contributed by atoms with Gasteiger partial charge in [-0.1, -0.05) is 30.3 Å². The Bertz CT molecular complexity index is 965. The summed E-state index contributed by atoms with van der Waals surface area (Å²) < 4.78 is 5.24. The van der Waals surface area contributed by atoms with Gasteiger partial charge in [0.25, 0.3) is 0 Å². The molecule has 4 rings (SSSR count). The second kappa shape index (κ2) is 11.5. The summed E-state index contributed by atoms with van der Waals surface area (Å²) in [4.78, 5) is 21.3. The summed E-state index contributed by atoms with van der Waals surface area (Å²) in [6.07, 6.45) is 4.93. The van der Waals surface area contributed by atoms with Gasteiger partial charge in [0, 0.05) is 63.6 Å². The highest BCUT2D eigenvalue weighted by Gasteiger charge is 2.43. The van der Waals surface area contributed by atoms with Crippen LogP contribution in [0.2, 0.25) is 0 Å². The lowest BCUT2D eigenvalue weighted by molar-refractivity contribution is -0.0572. The molecule has 0 bridgehead atoms. The standard InChI is InChI=1S/C27H38N4O4/c1-35-16-7-5-13-27(34,22-11-3-2-10-21(22)24-12-4-6-14-29-24)20-9-8-15-30(17-20)26(33)31-18-23(28)25(32)19-31/h2-4,6,10-12,14,20,23,25,32,34H,5,7-9,13,15-19,28H2,1H3/t20-,23-,25+,27+/m1/s1. The number of ether oxygens (including phenoxy) is 1. The van der Waals surface area contributed by atoms with Gasteiger partial charge in [-0.3, -0.25) is 4.98 Å². The third-order valence-electron chi connectivity index (χ3n) is 7.46. The summed E-state index contributed by atoms with van der Waals surface area (Å²) in [5.74, 6) is -0.131. The molecule has 0 unspecified atom stereocenters. The molecule has 3 heterocycles. The number of rotatable bonds is 8. The molecule has 0 aliphatic carbocycles. The lowest BCUT2D eigenvalue weighted by Crippen LogP contribution is -2.52. The highest BCUT2D eigenvalue weighted by atomic mass is 16.5. The summed E-state index contributed by atoms with van der Waals surface area (Å²) in [5, 5.41) is 22.4. The SMILES string of the molecule is COCCCC[C@@](O)(c1ccccc1-c1ccccn1)[C@@H]1CCCN(C(=O)N2C[C@@H](N)[C@@H](O)C2)C1. The van der Waals surface area contributed by atoms with Crippen molar-refractivity contribution in [1.29, 1.82) is 0 Å². The zero-order valence-electron chi connectivity index (χ0n) is 20.6. The van der Waals surface area contributed by atoms with Gasteiger partial charge in [0.05, 0.1) is 17.4 Å². The average Bonchev–Trinajstić information content (AvgIpc) is 3.24. The van der Waals surface area contributed by atoms with E-state index in [1.165, 1.54) is 0 Å². The van der Waals surface area contributed by atoms with Gasteiger partial charge in [0.15, 0.2) is 0 Å². The predicted molar refractivity (Wildman–Crippen MR) is 135 cm³/mol. The van der Waals surface area contributed by atoms with Crippen LogP contribution in [0.25, 0.3) is 11.3 Å². The number of unbranched alkanes of at least 4 members (excludes halogenated alkanes) is 1. The lowest BCUT2D eigenvalue weighted by Gasteiger charge is -2.44. The number of aliphatic hydroxyl groups excluding tert-OH is 1. The first kappa shape index (κ1) is 25.6. The summed E-state index contributed by atoms with van der Waals surface area (Å²) >= 11 is 0. The number of aromatic nitrogens is 1. The monoisotopic (exact) mass is 482 g/mol. The molecule has 1 aromatic carbocycles. The predicted octanol–water partition coefficient (Wildman–Crippen LogP) is 2.59. The van der Waals surface area contributed by atoms with Crippen molar-refractivity contribution in [3.8, 4) is 11.3 Å². The summed E-state index contributed by atoms with van der Waals surface area (Å²) in [6, 6.07) is 13.2. The molecule has 0 spiro atoms. The molecule has 0 saturated carbocycles. The van der Waals surface area contributed by atoms with E-state index in [0.29, 0.717) is 32.7 Å². The van der Waals surface area contributed by atoms with Crippen molar-refractivity contribution >= 4 is 6.03 Å². The fraction of sp³-hybridized carbons (Fsp3) is 0.556. The van der Waals surface area contributed by atoms with Gasteiger partial charge in [-0.25, -0.2) is 4.79 Å². The maximum absolute atomic E-state index is 13.3. The number of benzene rings is 1. The molecule has 35 heavy (non-hydrogen) atoms. The Balaban J connectivity index is 1.62. The Kier molecular flexibility index (Phi) is 8.38. The van der Waals surface area contributed by atoms with Crippen LogP contribution in [0.1, 0.15) is 37.7 Å². The fourth-order valence-corrected chi connectivity index (χ4v) is 5.51. The number of pyridine rings is 1. The van der Waals surface area contributed by atoms with Crippen LogP contribution in [0.5, 0.6) is 0 Å². The van der Waals surface area contributed by atoms with E-state index in [1.807, 2.05) is 47.4 Å². The molecular formula is C27H38N4O4. The van der Waals surface area contributed by atoms with E-state index in [9.17, 15) is 15.0 Å². The van der Waals surface area contributed by atoms with Gasteiger partial charge in [-0.2, -0.15) is 0 Å². The Morgan fingerprint density at radius 1 is 1.14 bits per heavy atom. The fourth-order valence-electron chi connectivity index (χ4n) is 5.51. The number of amides is 2. The molecule has 190 valence electrons. The van der Waals surface area contributed by atoms with Crippen molar-refractivity contribution in [3.63, 3.8) is 0 Å². The average molecular weight is 483 g/mol. The van der Waals surface area contributed by atoms with Crippen LogP contribution in [-0.4, -0.2) is 83.1 Å². The Labute approximate surface area is 207 Å². The minimum atomic E-state index is -1.12. The summed E-state index contributed by atoms with van der Waals surface area (Å²) in [5.41, 5.74) is 7.41. The molecule has 4 N–H and O–H groups in total. The Morgan fingerprint density at radius 2 is 1.94 bits per heavy atom. The van der Waals surface area contributed by atoms with E-state index in [2.05, 4.69) is 4.98 Å². The van der Waals surface area contributed by atoms with E-state index < -0.39 is 17.7 Å². The van der Waals surface area contributed by atoms with Crippen LogP contribution in [0.15, 0.2) is 48.7 Å². The Hall–Kier alpha value is -2.52. The molecule has 4 atom stereocenters. The molecule has 8 heteroatoms. The first-order valence-corrected chi connectivity index (χ1v) is 12.6. The number of β-amino-alcohol motifs (C(OH)–C–C–N with tert-alkyl or cyclic N) is 1.